The number of anilines is 1. The predicted octanol–water partition coefficient (Wildman–Crippen LogP) is 3.31. The molecular formula is C23H29F2N7O3S2. The number of rotatable bonds is 7. The molecule has 37 heavy (non-hydrogen) atoms. The Bertz CT molecular complexity index is 1450. The summed E-state index contributed by atoms with van der Waals surface area (Å²) in [6.07, 6.45) is 1.76. The van der Waals surface area contributed by atoms with E-state index in [2.05, 4.69) is 19.9 Å². The van der Waals surface area contributed by atoms with Gasteiger partial charge in [-0.15, -0.1) is 10.2 Å². The Morgan fingerprint density at radius 3 is 2.57 bits per heavy atom. The Kier molecular flexibility index (Phi) is 6.47. The first-order valence-corrected chi connectivity index (χ1v) is 14.4. The lowest BCUT2D eigenvalue weighted by Crippen LogP contribution is -2.55. The Morgan fingerprint density at radius 1 is 1.24 bits per heavy atom. The molecule has 1 saturated carbocycles. The van der Waals surface area contributed by atoms with Crippen molar-refractivity contribution in [2.45, 2.75) is 63.4 Å². The maximum Gasteiger partial charge on any atom is 0.291 e. The number of pyridine rings is 1. The molecule has 2 aliphatic rings. The van der Waals surface area contributed by atoms with Crippen LogP contribution in [0, 0.1) is 5.92 Å². The van der Waals surface area contributed by atoms with Crippen molar-refractivity contribution in [3.63, 3.8) is 0 Å². The zero-order chi connectivity index (χ0) is 26.7. The van der Waals surface area contributed by atoms with E-state index in [1.807, 2.05) is 37.5 Å². The summed E-state index contributed by atoms with van der Waals surface area (Å²) < 4.78 is 57.4. The Balaban J connectivity index is 1.59. The summed E-state index contributed by atoms with van der Waals surface area (Å²) in [5, 5.41) is 7.16. The van der Waals surface area contributed by atoms with E-state index in [0.29, 0.717) is 42.2 Å². The first-order valence-electron chi connectivity index (χ1n) is 12.1. The van der Waals surface area contributed by atoms with Gasteiger partial charge in [0.25, 0.3) is 6.43 Å². The molecule has 1 saturated heterocycles. The van der Waals surface area contributed by atoms with Crippen LogP contribution in [0.5, 0.6) is 0 Å². The van der Waals surface area contributed by atoms with Crippen molar-refractivity contribution in [1.29, 1.82) is 0 Å². The van der Waals surface area contributed by atoms with E-state index in [1.165, 1.54) is 6.20 Å². The number of nitrogens with one attached hydrogen (secondary N) is 1. The number of carbonyl (C=O) groups excluding carboxylic acids is 1. The maximum atomic E-state index is 13.4. The number of alkyl halides is 2. The lowest BCUT2D eigenvalue weighted by molar-refractivity contribution is -0.136. The molecule has 1 aliphatic carbocycles. The number of hydrogen-bond donors (Lipinski definition) is 1. The molecule has 2 fully saturated rings. The van der Waals surface area contributed by atoms with Crippen LogP contribution in [0.2, 0.25) is 0 Å². The smallest absolute Gasteiger partial charge is 0.291 e. The number of aromatic nitrogens is 4. The molecule has 0 spiro atoms. The number of imidazole rings is 1. The van der Waals surface area contributed by atoms with Gasteiger partial charge in [0.2, 0.25) is 15.9 Å². The highest BCUT2D eigenvalue weighted by Gasteiger charge is 2.41. The molecule has 14 heteroatoms. The van der Waals surface area contributed by atoms with Crippen LogP contribution in [-0.2, 0) is 14.8 Å². The largest absolute Gasteiger partial charge is 0.366 e. The van der Waals surface area contributed by atoms with E-state index in [-0.39, 0.29) is 33.6 Å². The monoisotopic (exact) mass is 553 g/mol. The van der Waals surface area contributed by atoms with E-state index in [4.69, 9.17) is 0 Å². The lowest BCUT2D eigenvalue weighted by atomic mass is 10.1. The second-order valence-electron chi connectivity index (χ2n) is 10.3. The van der Waals surface area contributed by atoms with Gasteiger partial charge < -0.3 is 9.80 Å². The quantitative estimate of drug-likeness (QED) is 0.478. The van der Waals surface area contributed by atoms with Crippen molar-refractivity contribution in [3.05, 3.63) is 23.5 Å². The number of sulfonamides is 1. The molecule has 4 heterocycles. The van der Waals surface area contributed by atoms with Crippen molar-refractivity contribution >= 4 is 38.5 Å². The third-order valence-electron chi connectivity index (χ3n) is 6.85. The summed E-state index contributed by atoms with van der Waals surface area (Å²) in [5.41, 5.74) is 0.759. The lowest BCUT2D eigenvalue weighted by Gasteiger charge is -2.42. The van der Waals surface area contributed by atoms with Gasteiger partial charge in [0.1, 0.15) is 4.90 Å². The SMILES string of the molecule is CC(C)C(=O)N1CCN(c2cc(S(=O)(=O)NC3(C)CC3)cn3c(-c4nnc(C(F)F)s4)ncc23)C[C@@H]1C. The minimum atomic E-state index is -3.88. The van der Waals surface area contributed by atoms with Crippen LogP contribution in [-0.4, -0.2) is 70.0 Å². The van der Waals surface area contributed by atoms with Crippen LogP contribution in [0.3, 0.4) is 0 Å². The number of nitrogens with zero attached hydrogens (tertiary/aromatic N) is 6. The molecule has 3 aromatic heterocycles. The van der Waals surface area contributed by atoms with Crippen LogP contribution in [0.15, 0.2) is 23.4 Å². The van der Waals surface area contributed by atoms with Crippen molar-refractivity contribution in [2.24, 2.45) is 5.92 Å². The van der Waals surface area contributed by atoms with Gasteiger partial charge in [-0.05, 0) is 32.8 Å². The molecule has 10 nitrogen and oxygen atoms in total. The van der Waals surface area contributed by atoms with Crippen LogP contribution < -0.4 is 9.62 Å². The van der Waals surface area contributed by atoms with Crippen molar-refractivity contribution < 1.29 is 22.0 Å². The Morgan fingerprint density at radius 2 is 1.97 bits per heavy atom. The second kappa shape index (κ2) is 9.24. The van der Waals surface area contributed by atoms with Crippen LogP contribution in [0.1, 0.15) is 52.0 Å². The van der Waals surface area contributed by atoms with Gasteiger partial charge in [-0.2, -0.15) is 0 Å². The standard InChI is InChI=1S/C23H29F2N7O3S2/c1-13(2)22(33)31-8-7-30(11-14(31)3)16-9-15(37(34,35)29-23(4)5-6-23)12-32-17(16)10-26-19(32)21-28-27-20(36-21)18(24)25/h9-10,12-14,18,29H,5-8,11H2,1-4H3/t14-/m0/s1. The summed E-state index contributed by atoms with van der Waals surface area (Å²) in [6, 6.07) is 1.53. The summed E-state index contributed by atoms with van der Waals surface area (Å²) in [6.45, 7) is 9.05. The van der Waals surface area contributed by atoms with Gasteiger partial charge in [-0.1, -0.05) is 25.2 Å². The number of amides is 1. The molecule has 3 aromatic rings. The average Bonchev–Trinajstić information content (AvgIpc) is 3.22. The molecule has 0 aromatic carbocycles. The second-order valence-corrected chi connectivity index (χ2v) is 13.0. The highest BCUT2D eigenvalue weighted by Crippen LogP contribution is 2.38. The summed E-state index contributed by atoms with van der Waals surface area (Å²) >= 11 is 0.717. The van der Waals surface area contributed by atoms with E-state index in [1.54, 1.807) is 16.7 Å². The molecule has 1 N–H and O–H groups in total. The first kappa shape index (κ1) is 25.9. The molecule has 0 unspecified atom stereocenters. The predicted molar refractivity (Wildman–Crippen MR) is 135 cm³/mol. The van der Waals surface area contributed by atoms with Crippen LogP contribution in [0.25, 0.3) is 16.3 Å². The highest BCUT2D eigenvalue weighted by molar-refractivity contribution is 7.89. The summed E-state index contributed by atoms with van der Waals surface area (Å²) in [5.74, 6) is 0.191. The summed E-state index contributed by atoms with van der Waals surface area (Å²) in [7, 11) is -3.88. The van der Waals surface area contributed by atoms with Gasteiger partial charge in [-0.3, -0.25) is 9.20 Å². The fraction of sp³-hybridized carbons (Fsp3) is 0.565. The molecular weight excluding hydrogens is 524 g/mol. The third-order valence-corrected chi connectivity index (χ3v) is 9.38. The third kappa shape index (κ3) is 4.93. The van der Waals surface area contributed by atoms with Gasteiger partial charge in [0.05, 0.1) is 17.4 Å². The van der Waals surface area contributed by atoms with Crippen molar-refractivity contribution in [1.82, 2.24) is 29.2 Å². The van der Waals surface area contributed by atoms with Crippen molar-refractivity contribution in [3.8, 4) is 10.8 Å². The zero-order valence-corrected chi connectivity index (χ0v) is 22.6. The molecule has 1 aliphatic heterocycles. The van der Waals surface area contributed by atoms with Gasteiger partial charge >= 0.3 is 0 Å². The fourth-order valence-corrected chi connectivity index (χ4v) is 6.71. The van der Waals surface area contributed by atoms with Crippen molar-refractivity contribution in [2.75, 3.05) is 24.5 Å². The average molecular weight is 554 g/mol. The van der Waals surface area contributed by atoms with Gasteiger partial charge in [0, 0.05) is 43.3 Å². The number of fused-ring (bicyclic) bond motifs is 1. The van der Waals surface area contributed by atoms with E-state index in [0.717, 1.165) is 12.8 Å². The summed E-state index contributed by atoms with van der Waals surface area (Å²) in [4.78, 5) is 21.0. The topological polar surface area (TPSA) is 113 Å². The van der Waals surface area contributed by atoms with E-state index < -0.39 is 27.0 Å². The molecule has 0 radical (unpaired) electrons. The number of halogens is 2. The normalized spacial score (nSPS) is 19.8. The molecule has 1 amide bonds. The number of piperazine rings is 1. The fourth-order valence-electron chi connectivity index (χ4n) is 4.53. The minimum absolute atomic E-state index is 0.0364. The van der Waals surface area contributed by atoms with Crippen LogP contribution >= 0.6 is 11.3 Å². The minimum Gasteiger partial charge on any atom is -0.366 e. The van der Waals surface area contributed by atoms with E-state index in [9.17, 15) is 22.0 Å². The molecule has 0 bridgehead atoms. The van der Waals surface area contributed by atoms with Gasteiger partial charge in [0.15, 0.2) is 15.8 Å². The maximum absolute atomic E-state index is 13.4. The number of hydrogen-bond acceptors (Lipinski definition) is 8. The first-order chi connectivity index (χ1) is 17.4. The molecule has 1 atom stereocenters. The Hall–Kier alpha value is -2.71. The van der Waals surface area contributed by atoms with Gasteiger partial charge in [-0.25, -0.2) is 26.9 Å². The zero-order valence-electron chi connectivity index (χ0n) is 21.0. The van der Waals surface area contributed by atoms with Crippen LogP contribution in [0.4, 0.5) is 14.5 Å². The molecule has 200 valence electrons. The Labute approximate surface area is 217 Å². The highest BCUT2D eigenvalue weighted by atomic mass is 32.2. The molecule has 5 rings (SSSR count). The van der Waals surface area contributed by atoms with E-state index >= 15 is 0 Å². The number of carbonyl (C=O) groups is 1.